The monoisotopic (exact) mass is 308 g/mol. The molecule has 0 atom stereocenters. The molecule has 0 aliphatic heterocycles. The summed E-state index contributed by atoms with van der Waals surface area (Å²) in [7, 11) is -1.86. The molecule has 21 heavy (non-hydrogen) atoms. The van der Waals surface area contributed by atoms with Crippen LogP contribution >= 0.6 is 0 Å². The molecule has 2 rings (SSSR count). The maximum absolute atomic E-state index is 11.0. The first-order valence-corrected chi connectivity index (χ1v) is 8.03. The molecule has 2 aromatic carbocycles. The van der Waals surface area contributed by atoms with Crippen LogP contribution in [0, 0.1) is 0 Å². The van der Waals surface area contributed by atoms with E-state index in [0.717, 1.165) is 12.0 Å². The van der Waals surface area contributed by atoms with Crippen LogP contribution in [0.15, 0.2) is 48.5 Å². The first-order valence-electron chi connectivity index (χ1n) is 6.21. The summed E-state index contributed by atoms with van der Waals surface area (Å²) in [4.78, 5) is 0. The highest BCUT2D eigenvalue weighted by molar-refractivity contribution is 7.85. The van der Waals surface area contributed by atoms with Gasteiger partial charge in [0.05, 0.1) is 20.0 Å². The van der Waals surface area contributed by atoms with Crippen molar-refractivity contribution in [2.24, 2.45) is 0 Å². The van der Waals surface area contributed by atoms with Gasteiger partial charge in [0, 0.05) is 0 Å². The van der Waals surface area contributed by atoms with E-state index < -0.39 is 10.1 Å². The lowest BCUT2D eigenvalue weighted by atomic mass is 10.2. The Kier molecular flexibility index (Phi) is 4.82. The number of rotatable bonds is 6. The van der Waals surface area contributed by atoms with E-state index in [9.17, 15) is 8.42 Å². The summed E-state index contributed by atoms with van der Waals surface area (Å²) in [6.45, 7) is -0.0152. The second kappa shape index (κ2) is 6.60. The zero-order valence-corrected chi connectivity index (χ0v) is 12.6. The molecule has 5 nitrogen and oxygen atoms in total. The molecule has 0 fully saturated rings. The second-order valence-electron chi connectivity index (χ2n) is 4.39. The Bertz CT molecular complexity index is 692. The molecule has 0 amide bonds. The zero-order valence-electron chi connectivity index (χ0n) is 11.8. The summed E-state index contributed by atoms with van der Waals surface area (Å²) >= 11 is 0. The second-order valence-corrected chi connectivity index (χ2v) is 6.04. The lowest BCUT2D eigenvalue weighted by molar-refractivity contribution is 0.311. The van der Waals surface area contributed by atoms with Crippen molar-refractivity contribution in [3.05, 3.63) is 54.1 Å². The molecule has 0 aliphatic carbocycles. The predicted molar refractivity (Wildman–Crippen MR) is 79.1 cm³/mol. The Morgan fingerprint density at radius 1 is 0.952 bits per heavy atom. The van der Waals surface area contributed by atoms with Gasteiger partial charge in [0.2, 0.25) is 0 Å². The Hall–Kier alpha value is -2.05. The third-order valence-corrected chi connectivity index (χ3v) is 3.18. The smallest absolute Gasteiger partial charge is 0.264 e. The van der Waals surface area contributed by atoms with Crippen LogP contribution < -0.4 is 9.47 Å². The zero-order chi connectivity index (χ0) is 15.3. The number of methoxy groups -OCH3 is 1. The molecule has 0 aromatic heterocycles. The summed E-state index contributed by atoms with van der Waals surface area (Å²) in [5.41, 5.74) is 0.714. The van der Waals surface area contributed by atoms with Gasteiger partial charge in [-0.25, -0.2) is 0 Å². The van der Waals surface area contributed by atoms with Crippen molar-refractivity contribution in [3.63, 3.8) is 0 Å². The highest BCUT2D eigenvalue weighted by atomic mass is 32.2. The molecule has 0 saturated heterocycles. The quantitative estimate of drug-likeness (QED) is 0.768. The minimum Gasteiger partial charge on any atom is -0.497 e. The first-order chi connectivity index (χ1) is 9.96. The van der Waals surface area contributed by atoms with Gasteiger partial charge in [-0.2, -0.15) is 8.42 Å². The van der Waals surface area contributed by atoms with Gasteiger partial charge < -0.3 is 9.47 Å². The van der Waals surface area contributed by atoms with Crippen LogP contribution in [0.3, 0.4) is 0 Å². The van der Waals surface area contributed by atoms with Gasteiger partial charge in [0.15, 0.2) is 0 Å². The van der Waals surface area contributed by atoms with Gasteiger partial charge in [0.1, 0.15) is 17.2 Å². The van der Waals surface area contributed by atoms with Gasteiger partial charge in [-0.3, -0.25) is 4.18 Å². The van der Waals surface area contributed by atoms with Crippen LogP contribution in [0.25, 0.3) is 0 Å². The SMILES string of the molecule is COc1ccc(Oc2cccc(COS(C)(=O)=O)c2)cc1. The fourth-order valence-corrected chi connectivity index (χ4v) is 2.00. The van der Waals surface area contributed by atoms with Gasteiger partial charge in [0.25, 0.3) is 10.1 Å². The average Bonchev–Trinajstić information content (AvgIpc) is 2.46. The standard InChI is InChI=1S/C15H16O5S/c1-18-13-6-8-14(9-7-13)20-15-5-3-4-12(10-15)11-19-21(2,16)17/h3-10H,11H2,1-2H3. The van der Waals surface area contributed by atoms with Crippen molar-refractivity contribution in [2.45, 2.75) is 6.61 Å². The molecule has 0 aliphatic rings. The van der Waals surface area contributed by atoms with E-state index in [1.165, 1.54) is 0 Å². The van der Waals surface area contributed by atoms with Crippen LogP contribution in [0.5, 0.6) is 17.2 Å². The summed E-state index contributed by atoms with van der Waals surface area (Å²) in [5.74, 6) is 2.02. The summed E-state index contributed by atoms with van der Waals surface area (Å²) in [6.07, 6.45) is 1.02. The van der Waals surface area contributed by atoms with Gasteiger partial charge in [-0.1, -0.05) is 12.1 Å². The normalized spacial score (nSPS) is 11.1. The van der Waals surface area contributed by atoms with Crippen LogP contribution in [0.4, 0.5) is 0 Å². The Labute approximate surface area is 124 Å². The van der Waals surface area contributed by atoms with Gasteiger partial charge in [-0.05, 0) is 42.0 Å². The van der Waals surface area contributed by atoms with E-state index in [1.807, 2.05) is 0 Å². The van der Waals surface area contributed by atoms with Gasteiger partial charge >= 0.3 is 0 Å². The third kappa shape index (κ3) is 5.09. The molecule has 0 radical (unpaired) electrons. The highest BCUT2D eigenvalue weighted by Crippen LogP contribution is 2.24. The Balaban J connectivity index is 2.06. The fourth-order valence-electron chi connectivity index (χ4n) is 1.65. The van der Waals surface area contributed by atoms with Crippen molar-refractivity contribution in [1.82, 2.24) is 0 Å². The molecule has 0 saturated carbocycles. The van der Waals surface area contributed by atoms with E-state index in [2.05, 4.69) is 0 Å². The number of hydrogen-bond donors (Lipinski definition) is 0. The Morgan fingerprint density at radius 3 is 2.24 bits per heavy atom. The minimum atomic E-state index is -3.46. The van der Waals surface area contributed by atoms with Crippen LogP contribution in [-0.4, -0.2) is 21.8 Å². The summed E-state index contributed by atoms with van der Waals surface area (Å²) < 4.78 is 37.5. The van der Waals surface area contributed by atoms with E-state index >= 15 is 0 Å². The molecule has 0 spiro atoms. The van der Waals surface area contributed by atoms with Crippen molar-refractivity contribution < 1.29 is 22.1 Å². The van der Waals surface area contributed by atoms with Crippen molar-refractivity contribution in [3.8, 4) is 17.2 Å². The largest absolute Gasteiger partial charge is 0.497 e. The van der Waals surface area contributed by atoms with Crippen LogP contribution in [0.1, 0.15) is 5.56 Å². The van der Waals surface area contributed by atoms with E-state index in [0.29, 0.717) is 17.1 Å². The molecule has 112 valence electrons. The molecule has 6 heteroatoms. The van der Waals surface area contributed by atoms with E-state index in [-0.39, 0.29) is 6.61 Å². The van der Waals surface area contributed by atoms with Crippen molar-refractivity contribution in [2.75, 3.05) is 13.4 Å². The topological polar surface area (TPSA) is 61.8 Å². The summed E-state index contributed by atoms with van der Waals surface area (Å²) in [6, 6.07) is 14.2. The molecular formula is C15H16O5S. The van der Waals surface area contributed by atoms with Crippen molar-refractivity contribution >= 4 is 10.1 Å². The number of hydrogen-bond acceptors (Lipinski definition) is 5. The van der Waals surface area contributed by atoms with Crippen molar-refractivity contribution in [1.29, 1.82) is 0 Å². The average molecular weight is 308 g/mol. The fraction of sp³-hybridized carbons (Fsp3) is 0.200. The molecule has 0 N–H and O–H groups in total. The molecule has 2 aromatic rings. The molecule has 0 bridgehead atoms. The molecule has 0 heterocycles. The van der Waals surface area contributed by atoms with E-state index in [4.69, 9.17) is 13.7 Å². The lowest BCUT2D eigenvalue weighted by Crippen LogP contribution is -2.02. The lowest BCUT2D eigenvalue weighted by Gasteiger charge is -2.08. The summed E-state index contributed by atoms with van der Waals surface area (Å²) in [5, 5.41) is 0. The van der Waals surface area contributed by atoms with E-state index in [1.54, 1.807) is 55.6 Å². The number of benzene rings is 2. The highest BCUT2D eigenvalue weighted by Gasteiger charge is 2.04. The molecular weight excluding hydrogens is 292 g/mol. The minimum absolute atomic E-state index is 0.0152. The first kappa shape index (κ1) is 15.3. The maximum atomic E-state index is 11.0. The molecule has 0 unspecified atom stereocenters. The maximum Gasteiger partial charge on any atom is 0.264 e. The Morgan fingerprint density at radius 2 is 1.62 bits per heavy atom. The van der Waals surface area contributed by atoms with Crippen LogP contribution in [-0.2, 0) is 20.9 Å². The number of ether oxygens (including phenoxy) is 2. The van der Waals surface area contributed by atoms with Crippen LogP contribution in [0.2, 0.25) is 0 Å². The van der Waals surface area contributed by atoms with Gasteiger partial charge in [-0.15, -0.1) is 0 Å². The predicted octanol–water partition coefficient (Wildman–Crippen LogP) is 2.96. The third-order valence-electron chi connectivity index (χ3n) is 2.63.